The summed E-state index contributed by atoms with van der Waals surface area (Å²) in [4.78, 5) is 0. The van der Waals surface area contributed by atoms with Crippen molar-refractivity contribution in [2.45, 2.75) is 18.8 Å². The van der Waals surface area contributed by atoms with Gasteiger partial charge in [0.2, 0.25) is 0 Å². The number of benzene rings is 1. The molecule has 1 aromatic heterocycles. The fourth-order valence-corrected chi connectivity index (χ4v) is 2.43. The summed E-state index contributed by atoms with van der Waals surface area (Å²) in [6.45, 7) is 2.14. The van der Waals surface area contributed by atoms with Gasteiger partial charge in [0.25, 0.3) is 0 Å². The molecule has 0 bridgehead atoms. The van der Waals surface area contributed by atoms with Crippen molar-refractivity contribution in [3.63, 3.8) is 0 Å². The van der Waals surface area contributed by atoms with Crippen molar-refractivity contribution in [3.05, 3.63) is 41.2 Å². The van der Waals surface area contributed by atoms with Gasteiger partial charge < -0.3 is 5.32 Å². The predicted molar refractivity (Wildman–Crippen MR) is 85.7 cm³/mol. The Bertz CT molecular complexity index is 521. The molecule has 0 atom stereocenters. The number of nitrogens with zero attached hydrogens (tertiary/aromatic N) is 3. The molecule has 0 spiro atoms. The molecular weight excluding hydrogens is 319 g/mol. The number of nitrogens with one attached hydrogen (secondary N) is 1. The first-order valence-electron chi connectivity index (χ1n) is 6.22. The van der Waals surface area contributed by atoms with Crippen LogP contribution in [-0.2, 0) is 0 Å². The third-order valence-corrected chi connectivity index (χ3v) is 3.61. The van der Waals surface area contributed by atoms with Gasteiger partial charge in [-0.2, -0.15) is 0 Å². The molecule has 3 rings (SSSR count). The molecule has 0 amide bonds. The highest BCUT2D eigenvalue weighted by Crippen LogP contribution is 2.23. The third-order valence-electron chi connectivity index (χ3n) is 3.36. The first-order valence-corrected chi connectivity index (χ1v) is 6.59. The minimum Gasteiger partial charge on any atom is -0.317 e. The van der Waals surface area contributed by atoms with Crippen molar-refractivity contribution in [2.75, 3.05) is 13.1 Å². The minimum atomic E-state index is 0. The van der Waals surface area contributed by atoms with Gasteiger partial charge in [0.1, 0.15) is 0 Å². The van der Waals surface area contributed by atoms with E-state index in [-0.39, 0.29) is 24.8 Å². The maximum absolute atomic E-state index is 5.87. The van der Waals surface area contributed by atoms with Crippen LogP contribution >= 0.6 is 36.4 Å². The van der Waals surface area contributed by atoms with Crippen LogP contribution in [0.4, 0.5) is 0 Å². The topological polar surface area (TPSA) is 42.7 Å². The summed E-state index contributed by atoms with van der Waals surface area (Å²) in [6.07, 6.45) is 4.30. The minimum absolute atomic E-state index is 0. The molecule has 0 unspecified atom stereocenters. The number of halogens is 3. The summed E-state index contributed by atoms with van der Waals surface area (Å²) in [6, 6.07) is 7.62. The van der Waals surface area contributed by atoms with Gasteiger partial charge in [-0.25, -0.2) is 4.68 Å². The van der Waals surface area contributed by atoms with Gasteiger partial charge in [0.15, 0.2) is 0 Å². The molecule has 20 heavy (non-hydrogen) atoms. The normalized spacial score (nSPS) is 15.2. The second kappa shape index (κ2) is 7.84. The third kappa shape index (κ3) is 3.85. The molecule has 1 aliphatic rings. The zero-order valence-electron chi connectivity index (χ0n) is 10.8. The van der Waals surface area contributed by atoms with Crippen LogP contribution in [0, 0.1) is 0 Å². The standard InChI is InChI=1S/C13H15ClN4.2ClH/c14-11-1-3-12(4-2-11)18-9-13(16-17-18)10-5-7-15-8-6-10;;/h1-4,9-10,15H,5-8H2;2*1H. The van der Waals surface area contributed by atoms with Crippen LogP contribution < -0.4 is 5.32 Å². The van der Waals surface area contributed by atoms with Crippen molar-refractivity contribution in [2.24, 2.45) is 0 Å². The van der Waals surface area contributed by atoms with Gasteiger partial charge in [0.05, 0.1) is 17.6 Å². The fraction of sp³-hybridized carbons (Fsp3) is 0.385. The van der Waals surface area contributed by atoms with Crippen LogP contribution in [0.1, 0.15) is 24.5 Å². The molecule has 1 saturated heterocycles. The van der Waals surface area contributed by atoms with Gasteiger partial charge in [0, 0.05) is 10.9 Å². The summed E-state index contributed by atoms with van der Waals surface area (Å²) in [5.74, 6) is 0.535. The largest absolute Gasteiger partial charge is 0.317 e. The van der Waals surface area contributed by atoms with Gasteiger partial charge in [-0.3, -0.25) is 0 Å². The lowest BCUT2D eigenvalue weighted by Gasteiger charge is -2.19. The molecule has 1 N–H and O–H groups in total. The lowest BCUT2D eigenvalue weighted by Crippen LogP contribution is -2.26. The van der Waals surface area contributed by atoms with Gasteiger partial charge in [-0.15, -0.1) is 29.9 Å². The van der Waals surface area contributed by atoms with E-state index in [1.54, 1.807) is 0 Å². The fourth-order valence-electron chi connectivity index (χ4n) is 2.30. The Morgan fingerprint density at radius 1 is 1.10 bits per heavy atom. The molecule has 1 aromatic carbocycles. The molecule has 0 radical (unpaired) electrons. The Balaban J connectivity index is 0.000001000. The van der Waals surface area contributed by atoms with E-state index < -0.39 is 0 Å². The smallest absolute Gasteiger partial charge is 0.0863 e. The van der Waals surface area contributed by atoms with E-state index in [4.69, 9.17) is 11.6 Å². The summed E-state index contributed by atoms with van der Waals surface area (Å²) in [5, 5.41) is 12.6. The number of aromatic nitrogens is 3. The number of hydrogen-bond acceptors (Lipinski definition) is 3. The molecule has 110 valence electrons. The summed E-state index contributed by atoms with van der Waals surface area (Å²) in [7, 11) is 0. The molecule has 1 aliphatic heterocycles. The molecule has 1 fully saturated rings. The molecule has 0 saturated carbocycles. The monoisotopic (exact) mass is 334 g/mol. The zero-order chi connectivity index (χ0) is 12.4. The average Bonchev–Trinajstić information content (AvgIpc) is 2.90. The molecule has 2 heterocycles. The summed E-state index contributed by atoms with van der Waals surface area (Å²) < 4.78 is 1.81. The zero-order valence-corrected chi connectivity index (χ0v) is 13.2. The van der Waals surface area contributed by atoms with E-state index >= 15 is 0 Å². The summed E-state index contributed by atoms with van der Waals surface area (Å²) in [5.41, 5.74) is 2.08. The Labute approximate surface area is 135 Å². The first-order chi connectivity index (χ1) is 8.83. The van der Waals surface area contributed by atoms with Crippen molar-refractivity contribution in [1.29, 1.82) is 0 Å². The highest BCUT2D eigenvalue weighted by atomic mass is 35.5. The number of rotatable bonds is 2. The van der Waals surface area contributed by atoms with Gasteiger partial charge in [-0.05, 0) is 50.2 Å². The van der Waals surface area contributed by atoms with E-state index in [2.05, 4.69) is 15.6 Å². The van der Waals surface area contributed by atoms with E-state index in [0.717, 1.165) is 42.3 Å². The van der Waals surface area contributed by atoms with Crippen molar-refractivity contribution in [3.8, 4) is 5.69 Å². The maximum Gasteiger partial charge on any atom is 0.0863 e. The molecule has 7 heteroatoms. The quantitative estimate of drug-likeness (QED) is 0.916. The number of hydrogen-bond donors (Lipinski definition) is 1. The van der Waals surface area contributed by atoms with Gasteiger partial charge >= 0.3 is 0 Å². The van der Waals surface area contributed by atoms with Crippen LogP contribution in [0.15, 0.2) is 30.5 Å². The Morgan fingerprint density at radius 2 is 1.75 bits per heavy atom. The maximum atomic E-state index is 5.87. The lowest BCUT2D eigenvalue weighted by atomic mass is 9.95. The summed E-state index contributed by atoms with van der Waals surface area (Å²) >= 11 is 5.87. The van der Waals surface area contributed by atoms with Crippen LogP contribution in [-0.4, -0.2) is 28.1 Å². The SMILES string of the molecule is Cl.Cl.Clc1ccc(-n2cc(C3CCNCC3)nn2)cc1. The Morgan fingerprint density at radius 3 is 2.40 bits per heavy atom. The number of piperidine rings is 1. The highest BCUT2D eigenvalue weighted by Gasteiger charge is 2.18. The second-order valence-electron chi connectivity index (χ2n) is 4.59. The van der Waals surface area contributed by atoms with Gasteiger partial charge in [-0.1, -0.05) is 16.8 Å². The van der Waals surface area contributed by atoms with E-state index in [9.17, 15) is 0 Å². The molecule has 2 aromatic rings. The Hall–Kier alpha value is -0.810. The Kier molecular flexibility index (Phi) is 6.76. The first kappa shape index (κ1) is 17.2. The van der Waals surface area contributed by atoms with Crippen LogP contribution in [0.5, 0.6) is 0 Å². The van der Waals surface area contributed by atoms with Crippen molar-refractivity contribution < 1.29 is 0 Å². The lowest BCUT2D eigenvalue weighted by molar-refractivity contribution is 0.453. The molecule has 4 nitrogen and oxygen atoms in total. The van der Waals surface area contributed by atoms with Crippen LogP contribution in [0.3, 0.4) is 0 Å². The second-order valence-corrected chi connectivity index (χ2v) is 5.03. The van der Waals surface area contributed by atoms with Crippen LogP contribution in [0.25, 0.3) is 5.69 Å². The van der Waals surface area contributed by atoms with E-state index in [1.165, 1.54) is 0 Å². The van der Waals surface area contributed by atoms with Crippen molar-refractivity contribution >= 4 is 36.4 Å². The van der Waals surface area contributed by atoms with E-state index in [1.807, 2.05) is 35.1 Å². The predicted octanol–water partition coefficient (Wildman–Crippen LogP) is 3.23. The molecular formula is C13H17Cl3N4. The molecule has 0 aliphatic carbocycles. The van der Waals surface area contributed by atoms with E-state index in [0.29, 0.717) is 5.92 Å². The van der Waals surface area contributed by atoms with Crippen LogP contribution in [0.2, 0.25) is 5.02 Å². The van der Waals surface area contributed by atoms with Crippen molar-refractivity contribution in [1.82, 2.24) is 20.3 Å². The highest BCUT2D eigenvalue weighted by molar-refractivity contribution is 6.30. The average molecular weight is 336 g/mol.